The van der Waals surface area contributed by atoms with E-state index in [-0.39, 0.29) is 0 Å². The zero-order valence-corrected chi connectivity index (χ0v) is 21.9. The van der Waals surface area contributed by atoms with Gasteiger partial charge in [-0.2, -0.15) is 0 Å². The van der Waals surface area contributed by atoms with Crippen LogP contribution in [0.15, 0.2) is 0 Å². The molecule has 0 N–H and O–H groups in total. The van der Waals surface area contributed by atoms with E-state index in [1.807, 2.05) is 0 Å². The summed E-state index contributed by atoms with van der Waals surface area (Å²) in [6.45, 7) is 0. The quantitative estimate of drug-likeness (QED) is 0.0591. The summed E-state index contributed by atoms with van der Waals surface area (Å²) in [6, 6.07) is 0. The number of alkyl halides is 21. The van der Waals surface area contributed by atoms with Crippen LogP contribution in [0.2, 0.25) is 0 Å². The summed E-state index contributed by atoms with van der Waals surface area (Å²) >= 11 is -8.76. The van der Waals surface area contributed by atoms with Gasteiger partial charge < -0.3 is 0 Å². The molecule has 0 fully saturated rings. The van der Waals surface area contributed by atoms with Crippen molar-refractivity contribution in [2.45, 2.75) is 51.1 Å². The Kier molecular flexibility index (Phi) is 10.1. The Balaban J connectivity index is 4.24. The van der Waals surface area contributed by atoms with E-state index in [2.05, 4.69) is 2.51 Å². The zero-order valence-electron chi connectivity index (χ0n) is 19.0. The molecular formula is C15F25IO3S. The summed E-state index contributed by atoms with van der Waals surface area (Å²) in [5.74, 6) is -74.2. The summed E-state index contributed by atoms with van der Waals surface area (Å²) in [5, 5.41) is 0. The number of hydrogen-bond acceptors (Lipinski definition) is 3. The zero-order chi connectivity index (χ0) is 36.7. The molecule has 0 heterocycles. The van der Waals surface area contributed by atoms with E-state index >= 15 is 0 Å². The third kappa shape index (κ3) is 5.69. The first-order chi connectivity index (χ1) is 19.3. The second-order valence-electron chi connectivity index (χ2n) is 7.54. The molecule has 0 aromatic heterocycles. The Morgan fingerprint density at radius 1 is 0.422 bits per heavy atom. The minimum atomic E-state index is -9.41. The SMILES string of the molecule is O=S(=O)(OI(c1c(F)c(F)c(F)c(F)c1F)C(F)(F)C(F)(F)C(F)(F)C(F)(F)C(F)(F)C(F)(F)C(F)(F)C(F)(F)F)C(F)(F)F. The van der Waals surface area contributed by atoms with Gasteiger partial charge in [0.05, 0.1) is 0 Å². The Morgan fingerprint density at radius 3 is 0.978 bits per heavy atom. The van der Waals surface area contributed by atoms with Crippen molar-refractivity contribution in [1.82, 2.24) is 0 Å². The molecule has 0 radical (unpaired) electrons. The van der Waals surface area contributed by atoms with Gasteiger partial charge in [0.2, 0.25) is 0 Å². The molecule has 0 aliphatic carbocycles. The van der Waals surface area contributed by atoms with Crippen LogP contribution in [0.5, 0.6) is 0 Å². The van der Waals surface area contributed by atoms with Gasteiger partial charge in [-0.1, -0.05) is 0 Å². The molecule has 266 valence electrons. The third-order valence-electron chi connectivity index (χ3n) is 4.66. The van der Waals surface area contributed by atoms with E-state index in [0.717, 1.165) is 0 Å². The average molecular weight is 862 g/mol. The van der Waals surface area contributed by atoms with Crippen molar-refractivity contribution >= 4 is 30.4 Å². The fraction of sp³-hybridized carbons (Fsp3) is 0.600. The maximum absolute atomic E-state index is 14.6. The molecule has 1 rings (SSSR count). The van der Waals surface area contributed by atoms with Gasteiger partial charge in [0.1, 0.15) is 0 Å². The van der Waals surface area contributed by atoms with Crippen LogP contribution >= 0.6 is 20.2 Å². The minimum absolute atomic E-state index is 2.27. The predicted molar refractivity (Wildman–Crippen MR) is 95.7 cm³/mol. The van der Waals surface area contributed by atoms with Gasteiger partial charge in [-0.15, -0.1) is 0 Å². The fourth-order valence-corrected chi connectivity index (χ4v) is 8.88. The molecule has 0 bridgehead atoms. The molecular weight excluding hydrogens is 862 g/mol. The fourth-order valence-electron chi connectivity index (χ4n) is 2.29. The first-order valence-corrected chi connectivity index (χ1v) is 13.7. The molecule has 0 aliphatic rings. The van der Waals surface area contributed by atoms with Crippen LogP contribution in [0.3, 0.4) is 0 Å². The first kappa shape index (κ1) is 41.1. The molecule has 1 aromatic rings. The molecule has 1 aromatic carbocycles. The van der Waals surface area contributed by atoms with Crippen molar-refractivity contribution in [3.8, 4) is 0 Å². The van der Waals surface area contributed by atoms with Gasteiger partial charge in [0, 0.05) is 0 Å². The van der Waals surface area contributed by atoms with Crippen LogP contribution in [-0.2, 0) is 12.6 Å². The molecule has 0 aliphatic heterocycles. The van der Waals surface area contributed by atoms with Gasteiger partial charge in [0.25, 0.3) is 0 Å². The van der Waals surface area contributed by atoms with Crippen molar-refractivity contribution in [3.63, 3.8) is 0 Å². The number of rotatable bonds is 10. The monoisotopic (exact) mass is 862 g/mol. The topological polar surface area (TPSA) is 43.4 Å². The van der Waals surface area contributed by atoms with Gasteiger partial charge >= 0.3 is 235 Å². The average Bonchev–Trinajstić information content (AvgIpc) is 2.83. The molecule has 0 atom stereocenters. The Hall–Kier alpha value is -1.89. The maximum atomic E-state index is 14.6. The summed E-state index contributed by atoms with van der Waals surface area (Å²) in [4.78, 5) is 0. The molecule has 45 heavy (non-hydrogen) atoms. The van der Waals surface area contributed by atoms with E-state index in [0.29, 0.717) is 0 Å². The van der Waals surface area contributed by atoms with E-state index in [4.69, 9.17) is 0 Å². The second-order valence-corrected chi connectivity index (χ2v) is 14.0. The van der Waals surface area contributed by atoms with E-state index < -0.39 is 114 Å². The number of benzene rings is 1. The first-order valence-electron chi connectivity index (χ1n) is 9.21. The number of hydrogen-bond donors (Lipinski definition) is 0. The molecule has 3 nitrogen and oxygen atoms in total. The van der Waals surface area contributed by atoms with Gasteiger partial charge in [-0.3, -0.25) is 0 Å². The third-order valence-corrected chi connectivity index (χ3v) is 11.8. The Labute approximate surface area is 235 Å². The summed E-state index contributed by atoms with van der Waals surface area (Å²) < 4.78 is 347. The normalized spacial score (nSPS) is 15.9. The van der Waals surface area contributed by atoms with Crippen molar-refractivity contribution in [2.75, 3.05) is 0 Å². The van der Waals surface area contributed by atoms with Crippen molar-refractivity contribution < 1.29 is 121 Å². The van der Waals surface area contributed by atoms with Crippen LogP contribution in [0, 0.1) is 32.7 Å². The molecule has 0 unspecified atom stereocenters. The van der Waals surface area contributed by atoms with Crippen LogP contribution in [-0.4, -0.2) is 59.6 Å². The van der Waals surface area contributed by atoms with Crippen LogP contribution < -0.4 is 0 Å². The molecule has 0 amide bonds. The van der Waals surface area contributed by atoms with E-state index in [9.17, 15) is 118 Å². The molecule has 30 heteroatoms. The molecule has 0 saturated carbocycles. The van der Waals surface area contributed by atoms with E-state index in [1.165, 1.54) is 0 Å². The van der Waals surface area contributed by atoms with Crippen molar-refractivity contribution in [2.24, 2.45) is 0 Å². The summed E-state index contributed by atoms with van der Waals surface area (Å²) in [5.41, 5.74) is -7.34. The van der Waals surface area contributed by atoms with Crippen molar-refractivity contribution in [3.05, 3.63) is 32.7 Å². The van der Waals surface area contributed by atoms with Crippen LogP contribution in [0.4, 0.5) is 110 Å². The van der Waals surface area contributed by atoms with E-state index in [1.54, 1.807) is 0 Å². The molecule has 0 spiro atoms. The van der Waals surface area contributed by atoms with Crippen LogP contribution in [0.1, 0.15) is 0 Å². The van der Waals surface area contributed by atoms with Gasteiger partial charge in [-0.05, 0) is 0 Å². The molecule has 0 saturated heterocycles. The number of halogens is 26. The summed E-state index contributed by atoms with van der Waals surface area (Å²) in [7, 11) is -8.27. The van der Waals surface area contributed by atoms with Crippen molar-refractivity contribution in [1.29, 1.82) is 0 Å². The standard InChI is InChI=1S/C15F25IO3S/c16-1-2(17)4(19)6(5(20)3(1)18)41(44-45(42,43)15(38,39)40)14(36,37)12(31,32)10(27,28)8(23,24)7(21,22)9(25,26)11(29,30)13(33,34)35. The second kappa shape index (κ2) is 11.1. The van der Waals surface area contributed by atoms with Gasteiger partial charge in [0.15, 0.2) is 0 Å². The Bertz CT molecular complexity index is 1380. The summed E-state index contributed by atoms with van der Waals surface area (Å²) in [6.07, 6.45) is -8.16. The van der Waals surface area contributed by atoms with Gasteiger partial charge in [-0.25, -0.2) is 0 Å². The Morgan fingerprint density at radius 2 is 0.689 bits per heavy atom. The predicted octanol–water partition coefficient (Wildman–Crippen LogP) is 8.81. The van der Waals surface area contributed by atoms with Crippen LogP contribution in [0.25, 0.3) is 0 Å².